The van der Waals surface area contributed by atoms with Crippen molar-refractivity contribution in [3.05, 3.63) is 0 Å². The highest BCUT2D eigenvalue weighted by atomic mass is 16.7. The molecule has 12 heavy (non-hydrogen) atoms. The Morgan fingerprint density at radius 3 is 1.42 bits per heavy atom. The third-order valence-electron chi connectivity index (χ3n) is 0.722. The van der Waals surface area contributed by atoms with Crippen LogP contribution in [0, 0.1) is 0 Å². The Labute approximate surface area is 68.7 Å². The van der Waals surface area contributed by atoms with E-state index in [0.717, 1.165) is 13.8 Å². The van der Waals surface area contributed by atoms with Gasteiger partial charge in [-0.15, -0.1) is 0 Å². The maximum atomic E-state index is 10.5. The molecule has 0 aromatic rings. The molecule has 0 amide bonds. The lowest BCUT2D eigenvalue weighted by Gasteiger charge is -2.07. The summed E-state index contributed by atoms with van der Waals surface area (Å²) in [6.45, 7) is 2.32. The lowest BCUT2D eigenvalue weighted by atomic mass is 10.6. The number of rotatable bonds is 2. The quantitative estimate of drug-likeness (QED) is 0.312. The van der Waals surface area contributed by atoms with E-state index in [0.29, 0.717) is 0 Å². The molecular weight excluding hydrogens is 168 g/mol. The third kappa shape index (κ3) is 4.64. The van der Waals surface area contributed by atoms with Gasteiger partial charge in [0.15, 0.2) is 12.6 Å². The van der Waals surface area contributed by atoms with Crippen molar-refractivity contribution in [2.75, 3.05) is 0 Å². The number of carbonyl (C=O) groups excluding carboxylic acids is 2. The van der Waals surface area contributed by atoms with Crippen molar-refractivity contribution in [3.8, 4) is 0 Å². The summed E-state index contributed by atoms with van der Waals surface area (Å²) in [7, 11) is 0. The van der Waals surface area contributed by atoms with Crippen LogP contribution in [0.15, 0.2) is 0 Å². The van der Waals surface area contributed by atoms with Gasteiger partial charge in [0.1, 0.15) is 0 Å². The van der Waals surface area contributed by atoms with E-state index in [1.54, 1.807) is 0 Å². The van der Waals surface area contributed by atoms with Crippen molar-refractivity contribution in [2.45, 2.75) is 26.4 Å². The van der Waals surface area contributed by atoms with Crippen LogP contribution in [0.1, 0.15) is 13.8 Å². The molecule has 0 radical (unpaired) electrons. The monoisotopic (exact) mass is 178 g/mol. The zero-order valence-corrected chi connectivity index (χ0v) is 6.68. The number of hydrogen-bond acceptors (Lipinski definition) is 6. The average molecular weight is 178 g/mol. The molecule has 0 spiro atoms. The minimum Gasteiger partial charge on any atom is -0.428 e. The number of hydrogen-bond donors (Lipinski definition) is 2. The van der Waals surface area contributed by atoms with E-state index in [-0.39, 0.29) is 0 Å². The van der Waals surface area contributed by atoms with E-state index >= 15 is 0 Å². The van der Waals surface area contributed by atoms with E-state index in [4.69, 9.17) is 10.2 Å². The highest BCUT2D eigenvalue weighted by Crippen LogP contribution is 1.92. The zero-order valence-electron chi connectivity index (χ0n) is 6.68. The maximum Gasteiger partial charge on any atom is 0.419 e. The van der Waals surface area contributed by atoms with Crippen LogP contribution in [-0.2, 0) is 19.1 Å². The summed E-state index contributed by atoms with van der Waals surface area (Å²) in [5.74, 6) is -2.68. The summed E-state index contributed by atoms with van der Waals surface area (Å²) < 4.78 is 8.09. The fourth-order valence-electron chi connectivity index (χ4n) is 0.406. The average Bonchev–Trinajstić information content (AvgIpc) is 1.84. The van der Waals surface area contributed by atoms with Gasteiger partial charge in [-0.25, -0.2) is 9.59 Å². The molecule has 70 valence electrons. The summed E-state index contributed by atoms with van der Waals surface area (Å²) in [5.41, 5.74) is 0. The molecular formula is C6H10O6. The molecule has 0 rings (SSSR count). The second-order valence-corrected chi connectivity index (χ2v) is 2.01. The molecule has 0 fully saturated rings. The summed E-state index contributed by atoms with van der Waals surface area (Å²) in [6, 6.07) is 0. The highest BCUT2D eigenvalue weighted by molar-refractivity contribution is 6.29. The van der Waals surface area contributed by atoms with Gasteiger partial charge in [0.25, 0.3) is 0 Å². The predicted molar refractivity (Wildman–Crippen MR) is 35.5 cm³/mol. The number of carbonyl (C=O) groups is 2. The Balaban J connectivity index is 3.86. The molecule has 6 heteroatoms. The van der Waals surface area contributed by atoms with Crippen molar-refractivity contribution < 1.29 is 29.3 Å². The second-order valence-electron chi connectivity index (χ2n) is 2.01. The molecule has 2 N–H and O–H groups in total. The van der Waals surface area contributed by atoms with Crippen LogP contribution in [0.5, 0.6) is 0 Å². The van der Waals surface area contributed by atoms with Gasteiger partial charge in [0, 0.05) is 0 Å². The SMILES string of the molecule is CC(O)OC(=O)C(=O)OC(C)O. The largest absolute Gasteiger partial charge is 0.428 e. The molecule has 0 bridgehead atoms. The second kappa shape index (κ2) is 4.68. The molecule has 0 saturated carbocycles. The summed E-state index contributed by atoms with van der Waals surface area (Å²) in [5, 5.41) is 17.0. The van der Waals surface area contributed by atoms with Gasteiger partial charge < -0.3 is 19.7 Å². The first-order valence-corrected chi connectivity index (χ1v) is 3.21. The Hall–Kier alpha value is -1.14. The molecule has 0 aromatic carbocycles. The Morgan fingerprint density at radius 1 is 1.00 bits per heavy atom. The van der Waals surface area contributed by atoms with E-state index in [1.807, 2.05) is 0 Å². The van der Waals surface area contributed by atoms with Crippen molar-refractivity contribution in [1.29, 1.82) is 0 Å². The third-order valence-corrected chi connectivity index (χ3v) is 0.722. The number of aliphatic hydroxyl groups is 2. The van der Waals surface area contributed by atoms with Crippen LogP contribution in [0.3, 0.4) is 0 Å². The predicted octanol–water partition coefficient (Wildman–Crippen LogP) is -1.25. The lowest BCUT2D eigenvalue weighted by molar-refractivity contribution is -0.191. The molecule has 0 saturated heterocycles. The number of aliphatic hydroxyl groups excluding tert-OH is 2. The van der Waals surface area contributed by atoms with E-state index in [9.17, 15) is 9.59 Å². The van der Waals surface area contributed by atoms with E-state index in [1.165, 1.54) is 0 Å². The fourth-order valence-corrected chi connectivity index (χ4v) is 0.406. The van der Waals surface area contributed by atoms with Crippen molar-refractivity contribution >= 4 is 11.9 Å². The van der Waals surface area contributed by atoms with E-state index in [2.05, 4.69) is 9.47 Å². The van der Waals surface area contributed by atoms with Gasteiger partial charge >= 0.3 is 11.9 Å². The van der Waals surface area contributed by atoms with Crippen LogP contribution < -0.4 is 0 Å². The fraction of sp³-hybridized carbons (Fsp3) is 0.667. The Morgan fingerprint density at radius 2 is 1.25 bits per heavy atom. The van der Waals surface area contributed by atoms with Crippen LogP contribution in [-0.4, -0.2) is 34.7 Å². The van der Waals surface area contributed by atoms with Crippen LogP contribution in [0.4, 0.5) is 0 Å². The Bertz CT molecular complexity index is 153. The molecule has 0 aliphatic heterocycles. The molecule has 6 nitrogen and oxygen atoms in total. The molecule has 2 unspecified atom stereocenters. The van der Waals surface area contributed by atoms with E-state index < -0.39 is 24.5 Å². The molecule has 0 heterocycles. The molecule has 0 aliphatic carbocycles. The lowest BCUT2D eigenvalue weighted by Crippen LogP contribution is -2.27. The van der Waals surface area contributed by atoms with Crippen molar-refractivity contribution in [2.24, 2.45) is 0 Å². The van der Waals surface area contributed by atoms with Gasteiger partial charge in [0.2, 0.25) is 0 Å². The Kier molecular flexibility index (Phi) is 4.24. The zero-order chi connectivity index (χ0) is 9.72. The van der Waals surface area contributed by atoms with Crippen molar-refractivity contribution in [1.82, 2.24) is 0 Å². The van der Waals surface area contributed by atoms with Crippen molar-refractivity contribution in [3.63, 3.8) is 0 Å². The van der Waals surface area contributed by atoms with Gasteiger partial charge in [-0.2, -0.15) is 0 Å². The normalized spacial score (nSPS) is 14.7. The minimum atomic E-state index is -1.38. The van der Waals surface area contributed by atoms with Crippen LogP contribution in [0.2, 0.25) is 0 Å². The smallest absolute Gasteiger partial charge is 0.419 e. The summed E-state index contributed by atoms with van der Waals surface area (Å²) in [6.07, 6.45) is -2.75. The first-order chi connectivity index (χ1) is 5.43. The topological polar surface area (TPSA) is 93.1 Å². The van der Waals surface area contributed by atoms with Crippen LogP contribution in [0.25, 0.3) is 0 Å². The van der Waals surface area contributed by atoms with Crippen LogP contribution >= 0.6 is 0 Å². The summed E-state index contributed by atoms with van der Waals surface area (Å²) in [4.78, 5) is 21.0. The number of ether oxygens (including phenoxy) is 2. The maximum absolute atomic E-state index is 10.5. The number of esters is 2. The standard InChI is InChI=1S/C6H10O6/c1-3(7)11-5(9)6(10)12-4(2)8/h3-4,7-8H,1-2H3. The molecule has 0 aliphatic rings. The van der Waals surface area contributed by atoms with Gasteiger partial charge in [-0.1, -0.05) is 0 Å². The summed E-state index contributed by atoms with van der Waals surface area (Å²) >= 11 is 0. The minimum absolute atomic E-state index is 1.16. The van der Waals surface area contributed by atoms with Gasteiger partial charge in [-0.05, 0) is 13.8 Å². The van der Waals surface area contributed by atoms with Gasteiger partial charge in [-0.3, -0.25) is 0 Å². The molecule has 0 aromatic heterocycles. The highest BCUT2D eigenvalue weighted by Gasteiger charge is 2.20. The van der Waals surface area contributed by atoms with Gasteiger partial charge in [0.05, 0.1) is 0 Å². The first kappa shape index (κ1) is 10.9. The first-order valence-electron chi connectivity index (χ1n) is 3.21. The molecule has 2 atom stereocenters.